The van der Waals surface area contributed by atoms with Gasteiger partial charge in [0.25, 0.3) is 0 Å². The van der Waals surface area contributed by atoms with Crippen LogP contribution in [-0.2, 0) is 12.1 Å². The van der Waals surface area contributed by atoms with E-state index in [-0.39, 0.29) is 12.1 Å². The summed E-state index contributed by atoms with van der Waals surface area (Å²) in [7, 11) is 0. The van der Waals surface area contributed by atoms with E-state index >= 15 is 0 Å². The van der Waals surface area contributed by atoms with Crippen molar-refractivity contribution in [1.82, 2.24) is 24.3 Å². The van der Waals surface area contributed by atoms with Gasteiger partial charge in [0.1, 0.15) is 10.7 Å². The standard InChI is InChI=1S/C17H15N5O2S/c23-15-16(24)22(17-7-11(8-17)9-17)5-4-21(15)10-12-1-2-13(20-19-12)14-18-3-6-25-14/h1-6,11H,7-10H2. The lowest BCUT2D eigenvalue weighted by Gasteiger charge is -2.62. The quantitative estimate of drug-likeness (QED) is 0.664. The Morgan fingerprint density at radius 1 is 1.12 bits per heavy atom. The van der Waals surface area contributed by atoms with Gasteiger partial charge >= 0.3 is 11.1 Å². The molecular formula is C17H15N5O2S. The molecule has 3 heterocycles. The van der Waals surface area contributed by atoms with E-state index in [1.54, 1.807) is 23.2 Å². The smallest absolute Gasteiger partial charge is 0.303 e. The molecule has 2 bridgehead atoms. The molecule has 0 N–H and O–H groups in total. The topological polar surface area (TPSA) is 82.7 Å². The molecule has 3 aromatic rings. The Bertz CT molecular complexity index is 1030. The largest absolute Gasteiger partial charge is 0.316 e. The highest BCUT2D eigenvalue weighted by Gasteiger charge is 2.58. The summed E-state index contributed by atoms with van der Waals surface area (Å²) in [6.45, 7) is 0.232. The third kappa shape index (κ3) is 2.21. The highest BCUT2D eigenvalue weighted by Crippen LogP contribution is 2.61. The first-order valence-electron chi connectivity index (χ1n) is 8.20. The monoisotopic (exact) mass is 353 g/mol. The summed E-state index contributed by atoms with van der Waals surface area (Å²) in [5.41, 5.74) is 0.316. The van der Waals surface area contributed by atoms with Crippen molar-refractivity contribution >= 4 is 11.3 Å². The first kappa shape index (κ1) is 14.7. The maximum atomic E-state index is 12.4. The van der Waals surface area contributed by atoms with E-state index < -0.39 is 11.1 Å². The molecule has 3 fully saturated rings. The number of hydrogen-bond donors (Lipinski definition) is 0. The van der Waals surface area contributed by atoms with E-state index in [0.717, 1.165) is 30.2 Å². The average Bonchev–Trinajstić information content (AvgIpc) is 3.07. The van der Waals surface area contributed by atoms with Gasteiger partial charge in [-0.3, -0.25) is 9.59 Å². The Labute approximate surface area is 146 Å². The molecule has 3 aliphatic rings. The SMILES string of the molecule is O=c1c(=O)n(C23CC(C2)C3)ccn1Cc1ccc(-c2nccs2)nn1. The number of rotatable bonds is 4. The maximum absolute atomic E-state index is 12.4. The third-order valence-electron chi connectivity index (χ3n) is 5.28. The lowest BCUT2D eigenvalue weighted by atomic mass is 9.49. The van der Waals surface area contributed by atoms with E-state index in [9.17, 15) is 9.59 Å². The molecule has 0 unspecified atom stereocenters. The van der Waals surface area contributed by atoms with Gasteiger partial charge in [-0.25, -0.2) is 4.98 Å². The van der Waals surface area contributed by atoms with E-state index in [4.69, 9.17) is 0 Å². The van der Waals surface area contributed by atoms with Crippen LogP contribution < -0.4 is 11.1 Å². The summed E-state index contributed by atoms with van der Waals surface area (Å²) < 4.78 is 3.04. The molecule has 0 aliphatic heterocycles. The first-order chi connectivity index (χ1) is 12.1. The molecule has 0 atom stereocenters. The summed E-state index contributed by atoms with van der Waals surface area (Å²) in [5.74, 6) is 0.751. The lowest BCUT2D eigenvalue weighted by Crippen LogP contribution is -2.64. The van der Waals surface area contributed by atoms with Crippen LogP contribution >= 0.6 is 11.3 Å². The van der Waals surface area contributed by atoms with E-state index in [2.05, 4.69) is 15.2 Å². The minimum absolute atomic E-state index is 0.0742. The van der Waals surface area contributed by atoms with Crippen molar-refractivity contribution in [1.29, 1.82) is 0 Å². The Morgan fingerprint density at radius 2 is 1.96 bits per heavy atom. The molecule has 6 rings (SSSR count). The molecule has 3 aliphatic carbocycles. The van der Waals surface area contributed by atoms with Crippen LogP contribution in [0.4, 0.5) is 0 Å². The van der Waals surface area contributed by atoms with Crippen molar-refractivity contribution in [3.63, 3.8) is 0 Å². The van der Waals surface area contributed by atoms with Crippen molar-refractivity contribution in [2.75, 3.05) is 0 Å². The average molecular weight is 353 g/mol. The van der Waals surface area contributed by atoms with Crippen molar-refractivity contribution in [3.05, 3.63) is 62.5 Å². The molecule has 0 spiro atoms. The van der Waals surface area contributed by atoms with E-state index in [0.29, 0.717) is 11.4 Å². The predicted molar refractivity (Wildman–Crippen MR) is 92.5 cm³/mol. The second-order valence-electron chi connectivity index (χ2n) is 6.86. The zero-order valence-electron chi connectivity index (χ0n) is 13.3. The maximum Gasteiger partial charge on any atom is 0.316 e. The van der Waals surface area contributed by atoms with Gasteiger partial charge in [0, 0.05) is 29.5 Å². The predicted octanol–water partition coefficient (Wildman–Crippen LogP) is 1.48. The second-order valence-corrected chi connectivity index (χ2v) is 7.75. The molecule has 126 valence electrons. The van der Waals surface area contributed by atoms with Gasteiger partial charge in [-0.2, -0.15) is 5.10 Å². The zero-order valence-corrected chi connectivity index (χ0v) is 14.1. The normalized spacial score (nSPS) is 23.8. The fraction of sp³-hybridized carbons (Fsp3) is 0.353. The van der Waals surface area contributed by atoms with Crippen LogP contribution in [0.3, 0.4) is 0 Å². The Hall–Kier alpha value is -2.61. The Kier molecular flexibility index (Phi) is 3.05. The van der Waals surface area contributed by atoms with Crippen LogP contribution in [0.1, 0.15) is 25.0 Å². The van der Waals surface area contributed by atoms with Gasteiger partial charge in [-0.15, -0.1) is 16.4 Å². The lowest BCUT2D eigenvalue weighted by molar-refractivity contribution is -0.0919. The van der Waals surface area contributed by atoms with Crippen LogP contribution in [0.2, 0.25) is 0 Å². The summed E-state index contributed by atoms with van der Waals surface area (Å²) in [5, 5.41) is 11.0. The molecule has 7 nitrogen and oxygen atoms in total. The third-order valence-corrected chi connectivity index (χ3v) is 6.07. The molecule has 0 saturated heterocycles. The Balaban J connectivity index is 1.42. The molecule has 3 saturated carbocycles. The van der Waals surface area contributed by atoms with Crippen LogP contribution in [0, 0.1) is 5.92 Å². The molecule has 0 amide bonds. The number of aromatic nitrogens is 5. The van der Waals surface area contributed by atoms with Crippen LogP contribution in [0.15, 0.2) is 45.7 Å². The molecule has 8 heteroatoms. The highest BCUT2D eigenvalue weighted by atomic mass is 32.1. The van der Waals surface area contributed by atoms with Crippen LogP contribution in [0.25, 0.3) is 10.7 Å². The molecule has 0 aromatic carbocycles. The van der Waals surface area contributed by atoms with Crippen LogP contribution in [0.5, 0.6) is 0 Å². The molecule has 25 heavy (non-hydrogen) atoms. The van der Waals surface area contributed by atoms with Crippen molar-refractivity contribution < 1.29 is 0 Å². The fourth-order valence-electron chi connectivity index (χ4n) is 3.82. The van der Waals surface area contributed by atoms with E-state index in [1.807, 2.05) is 17.5 Å². The number of hydrogen-bond acceptors (Lipinski definition) is 6. The number of thiazole rings is 1. The summed E-state index contributed by atoms with van der Waals surface area (Å²) in [4.78, 5) is 29.1. The molecule has 0 radical (unpaired) electrons. The highest BCUT2D eigenvalue weighted by molar-refractivity contribution is 7.13. The Morgan fingerprint density at radius 3 is 2.56 bits per heavy atom. The molecule has 3 aromatic heterocycles. The summed E-state index contributed by atoms with van der Waals surface area (Å²) in [6, 6.07) is 3.64. The van der Waals surface area contributed by atoms with Crippen LogP contribution in [-0.4, -0.2) is 24.3 Å². The minimum Gasteiger partial charge on any atom is -0.303 e. The van der Waals surface area contributed by atoms with Gasteiger partial charge < -0.3 is 9.13 Å². The first-order valence-corrected chi connectivity index (χ1v) is 9.08. The van der Waals surface area contributed by atoms with Gasteiger partial charge in [-0.05, 0) is 37.3 Å². The zero-order chi connectivity index (χ0) is 17.0. The summed E-state index contributed by atoms with van der Waals surface area (Å²) in [6.07, 6.45) is 8.23. The van der Waals surface area contributed by atoms with Gasteiger partial charge in [-0.1, -0.05) is 0 Å². The van der Waals surface area contributed by atoms with Gasteiger partial charge in [0.2, 0.25) is 0 Å². The fourth-order valence-corrected chi connectivity index (χ4v) is 4.42. The van der Waals surface area contributed by atoms with E-state index in [1.165, 1.54) is 15.9 Å². The van der Waals surface area contributed by atoms with Gasteiger partial charge in [0.15, 0.2) is 0 Å². The minimum atomic E-state index is -0.502. The molecular weight excluding hydrogens is 338 g/mol. The number of nitrogens with zero attached hydrogens (tertiary/aromatic N) is 5. The van der Waals surface area contributed by atoms with Crippen molar-refractivity contribution in [2.45, 2.75) is 31.3 Å². The second kappa shape index (κ2) is 5.19. The van der Waals surface area contributed by atoms with Crippen molar-refractivity contribution in [3.8, 4) is 10.7 Å². The summed E-state index contributed by atoms with van der Waals surface area (Å²) >= 11 is 1.49. The van der Waals surface area contributed by atoms with Gasteiger partial charge in [0.05, 0.1) is 12.2 Å². The van der Waals surface area contributed by atoms with Crippen molar-refractivity contribution in [2.24, 2.45) is 5.92 Å².